The van der Waals surface area contributed by atoms with Crippen LogP contribution in [0.1, 0.15) is 22.3 Å². The molecule has 1 saturated heterocycles. The van der Waals surface area contributed by atoms with Gasteiger partial charge in [0.2, 0.25) is 0 Å². The zero-order valence-corrected chi connectivity index (χ0v) is 11.6. The number of nitrogens with one attached hydrogen (secondary N) is 2. The predicted molar refractivity (Wildman–Crippen MR) is 72.2 cm³/mol. The third-order valence-corrected chi connectivity index (χ3v) is 3.44. The minimum Gasteiger partial charge on any atom is -0.387 e. The molecule has 1 amide bonds. The highest BCUT2D eigenvalue weighted by Crippen LogP contribution is 2.36. The number of hydrogen-bond acceptors (Lipinski definition) is 3. The molecule has 2 N–H and O–H groups in total. The molecule has 21 heavy (non-hydrogen) atoms. The number of alkyl halides is 3. The Labute approximate surface area is 120 Å². The Morgan fingerprint density at radius 2 is 2.19 bits per heavy atom. The third kappa shape index (κ3) is 3.66. The first-order valence-electron chi connectivity index (χ1n) is 6.67. The number of hydrogen-bond donors (Lipinski definition) is 2. The zero-order chi connectivity index (χ0) is 15.5. The smallest absolute Gasteiger partial charge is 0.387 e. The summed E-state index contributed by atoms with van der Waals surface area (Å²) in [6.07, 6.45) is -3.66. The normalized spacial score (nSPS) is 18.6. The van der Waals surface area contributed by atoms with Crippen molar-refractivity contribution in [1.29, 1.82) is 0 Å². The monoisotopic (exact) mass is 302 g/mol. The van der Waals surface area contributed by atoms with E-state index < -0.39 is 17.6 Å². The molecule has 1 aliphatic heterocycles. The van der Waals surface area contributed by atoms with Crippen LogP contribution in [0.25, 0.3) is 0 Å². The number of halogens is 3. The highest BCUT2D eigenvalue weighted by atomic mass is 19.4. The Hall–Kier alpha value is -1.76. The Morgan fingerprint density at radius 1 is 1.43 bits per heavy atom. The van der Waals surface area contributed by atoms with Crippen molar-refractivity contribution in [2.45, 2.75) is 12.6 Å². The third-order valence-electron chi connectivity index (χ3n) is 3.44. The average Bonchev–Trinajstić information content (AvgIpc) is 2.96. The number of para-hydroxylation sites is 1. The van der Waals surface area contributed by atoms with E-state index in [0.717, 1.165) is 12.5 Å². The van der Waals surface area contributed by atoms with E-state index in [-0.39, 0.29) is 17.2 Å². The summed E-state index contributed by atoms with van der Waals surface area (Å²) in [6.45, 7) is 1.63. The van der Waals surface area contributed by atoms with E-state index in [4.69, 9.17) is 4.74 Å². The number of anilines is 1. The second kappa shape index (κ2) is 6.34. The van der Waals surface area contributed by atoms with Crippen LogP contribution in [0.3, 0.4) is 0 Å². The molecule has 4 nitrogen and oxygen atoms in total. The number of ether oxygens (including phenoxy) is 1. The molecule has 1 fully saturated rings. The van der Waals surface area contributed by atoms with E-state index in [2.05, 4.69) is 10.6 Å². The predicted octanol–water partition coefficient (Wildman–Crippen LogP) is 2.51. The van der Waals surface area contributed by atoms with Crippen LogP contribution in [0.5, 0.6) is 0 Å². The van der Waals surface area contributed by atoms with Gasteiger partial charge in [0.1, 0.15) is 0 Å². The number of carbonyl (C=O) groups is 1. The summed E-state index contributed by atoms with van der Waals surface area (Å²) >= 11 is 0. The lowest BCUT2D eigenvalue weighted by Gasteiger charge is -2.17. The number of carbonyl (C=O) groups excluding carboxylic acids is 1. The van der Waals surface area contributed by atoms with Crippen LogP contribution in [0.4, 0.5) is 18.9 Å². The molecule has 1 unspecified atom stereocenters. The molecule has 1 aliphatic rings. The summed E-state index contributed by atoms with van der Waals surface area (Å²) in [7, 11) is 1.37. The van der Waals surface area contributed by atoms with Gasteiger partial charge in [-0.3, -0.25) is 4.79 Å². The van der Waals surface area contributed by atoms with Crippen LogP contribution >= 0.6 is 0 Å². The summed E-state index contributed by atoms with van der Waals surface area (Å²) < 4.78 is 44.0. The lowest BCUT2D eigenvalue weighted by Crippen LogP contribution is -2.30. The van der Waals surface area contributed by atoms with E-state index >= 15 is 0 Å². The topological polar surface area (TPSA) is 50.4 Å². The molecule has 0 aromatic heterocycles. The molecule has 116 valence electrons. The Bertz CT molecular complexity index is 511. The van der Waals surface area contributed by atoms with Gasteiger partial charge in [-0.25, -0.2) is 0 Å². The molecule has 0 radical (unpaired) electrons. The van der Waals surface area contributed by atoms with E-state index in [1.54, 1.807) is 0 Å². The second-order valence-electron chi connectivity index (χ2n) is 4.92. The summed E-state index contributed by atoms with van der Waals surface area (Å²) in [5.41, 5.74) is -1.06. The van der Waals surface area contributed by atoms with Gasteiger partial charge in [-0.1, -0.05) is 6.07 Å². The van der Waals surface area contributed by atoms with Crippen LogP contribution < -0.4 is 10.6 Å². The van der Waals surface area contributed by atoms with Crippen molar-refractivity contribution in [3.63, 3.8) is 0 Å². The molecule has 0 aliphatic carbocycles. The fraction of sp³-hybridized carbons (Fsp3) is 0.500. The summed E-state index contributed by atoms with van der Waals surface area (Å²) in [5, 5.41) is 5.14. The first-order valence-corrected chi connectivity index (χ1v) is 6.67. The van der Waals surface area contributed by atoms with Crippen LogP contribution in [0.15, 0.2) is 18.2 Å². The molecule has 0 saturated carbocycles. The van der Waals surface area contributed by atoms with Gasteiger partial charge in [0.05, 0.1) is 23.4 Å². The van der Waals surface area contributed by atoms with Gasteiger partial charge in [-0.15, -0.1) is 0 Å². The first kappa shape index (κ1) is 15.6. The molecule has 1 aromatic carbocycles. The minimum absolute atomic E-state index is 0.00811. The first-order chi connectivity index (χ1) is 9.93. The number of amides is 1. The van der Waals surface area contributed by atoms with Gasteiger partial charge < -0.3 is 15.4 Å². The number of benzene rings is 1. The summed E-state index contributed by atoms with van der Waals surface area (Å²) in [5.74, 6) is -0.296. The summed E-state index contributed by atoms with van der Waals surface area (Å²) in [4.78, 5) is 12.1. The standard InChI is InChI=1S/C14H17F3N2O2/c1-18-12-10(3-2-4-11(12)14(15,16)17)13(20)19-7-9-5-6-21-8-9/h2-4,9,18H,5-8H2,1H3,(H,19,20). The van der Waals surface area contributed by atoms with Gasteiger partial charge in [-0.2, -0.15) is 13.2 Å². The highest BCUT2D eigenvalue weighted by molar-refractivity contribution is 6.00. The Balaban J connectivity index is 2.16. The maximum Gasteiger partial charge on any atom is 0.418 e. The van der Waals surface area contributed by atoms with Crippen molar-refractivity contribution in [3.05, 3.63) is 29.3 Å². The largest absolute Gasteiger partial charge is 0.418 e. The SMILES string of the molecule is CNc1c(C(=O)NCC2CCOC2)cccc1C(F)(F)F. The van der Waals surface area contributed by atoms with Crippen molar-refractivity contribution >= 4 is 11.6 Å². The van der Waals surface area contributed by atoms with Crippen molar-refractivity contribution in [2.24, 2.45) is 5.92 Å². The highest BCUT2D eigenvalue weighted by Gasteiger charge is 2.35. The van der Waals surface area contributed by atoms with Crippen molar-refractivity contribution < 1.29 is 22.7 Å². The molecule has 1 aromatic rings. The zero-order valence-electron chi connectivity index (χ0n) is 11.6. The van der Waals surface area contributed by atoms with Crippen LogP contribution in [0.2, 0.25) is 0 Å². The second-order valence-corrected chi connectivity index (χ2v) is 4.92. The molecule has 7 heteroatoms. The van der Waals surface area contributed by atoms with Gasteiger partial charge in [-0.05, 0) is 18.6 Å². The quantitative estimate of drug-likeness (QED) is 0.898. The fourth-order valence-electron chi connectivity index (χ4n) is 2.32. The van der Waals surface area contributed by atoms with E-state index in [9.17, 15) is 18.0 Å². The molecule has 0 spiro atoms. The van der Waals surface area contributed by atoms with E-state index in [1.165, 1.54) is 19.2 Å². The van der Waals surface area contributed by atoms with Gasteiger partial charge in [0, 0.05) is 26.1 Å². The molecular formula is C14H17F3N2O2. The minimum atomic E-state index is -4.51. The lowest BCUT2D eigenvalue weighted by atomic mass is 10.0. The molecule has 0 bridgehead atoms. The Kier molecular flexibility index (Phi) is 4.72. The van der Waals surface area contributed by atoms with Crippen LogP contribution in [0, 0.1) is 5.92 Å². The van der Waals surface area contributed by atoms with Crippen LogP contribution in [-0.4, -0.2) is 32.7 Å². The number of rotatable bonds is 4. The van der Waals surface area contributed by atoms with Crippen molar-refractivity contribution in [2.75, 3.05) is 32.1 Å². The molecular weight excluding hydrogens is 285 g/mol. The van der Waals surface area contributed by atoms with Gasteiger partial charge >= 0.3 is 6.18 Å². The average molecular weight is 302 g/mol. The van der Waals surface area contributed by atoms with Crippen LogP contribution in [-0.2, 0) is 10.9 Å². The van der Waals surface area contributed by atoms with Crippen molar-refractivity contribution in [3.8, 4) is 0 Å². The van der Waals surface area contributed by atoms with E-state index in [0.29, 0.717) is 19.8 Å². The molecule has 1 atom stereocenters. The fourth-order valence-corrected chi connectivity index (χ4v) is 2.32. The maximum absolute atomic E-state index is 12.9. The lowest BCUT2D eigenvalue weighted by molar-refractivity contribution is -0.136. The van der Waals surface area contributed by atoms with Gasteiger partial charge in [0.25, 0.3) is 5.91 Å². The van der Waals surface area contributed by atoms with Crippen molar-refractivity contribution in [1.82, 2.24) is 5.32 Å². The maximum atomic E-state index is 12.9. The Morgan fingerprint density at radius 3 is 2.76 bits per heavy atom. The summed E-state index contributed by atoms with van der Waals surface area (Å²) in [6, 6.07) is 3.56. The molecule has 2 rings (SSSR count). The molecule has 1 heterocycles. The van der Waals surface area contributed by atoms with Gasteiger partial charge in [0.15, 0.2) is 0 Å². The van der Waals surface area contributed by atoms with E-state index in [1.807, 2.05) is 0 Å².